The molecule has 0 spiro atoms. The molecule has 0 radical (unpaired) electrons. The average Bonchev–Trinajstić information content (AvgIpc) is 2.85. The summed E-state index contributed by atoms with van der Waals surface area (Å²) in [5.41, 5.74) is 6.11. The Bertz CT molecular complexity index is 805. The lowest BCUT2D eigenvalue weighted by Crippen LogP contribution is -2.04. The van der Waals surface area contributed by atoms with Crippen LogP contribution >= 0.6 is 34.4 Å². The molecule has 9 heteroatoms. The smallest absolute Gasteiger partial charge is 0.258 e. The zero-order valence-corrected chi connectivity index (χ0v) is 13.2. The van der Waals surface area contributed by atoms with Crippen molar-refractivity contribution in [3.63, 3.8) is 0 Å². The van der Waals surface area contributed by atoms with Crippen LogP contribution in [-0.4, -0.2) is 30.8 Å². The third-order valence-electron chi connectivity index (χ3n) is 2.56. The Hall–Kier alpha value is -1.49. The van der Waals surface area contributed by atoms with Gasteiger partial charge in [-0.1, -0.05) is 11.8 Å². The molecule has 0 atom stereocenters. The molecule has 3 rings (SSSR count). The molecule has 20 heavy (non-hydrogen) atoms. The molecule has 0 unspecified atom stereocenters. The van der Waals surface area contributed by atoms with Crippen LogP contribution in [0.1, 0.15) is 0 Å². The lowest BCUT2D eigenvalue weighted by atomic mass is 10.2. The number of aromatic nitrogens is 5. The maximum absolute atomic E-state index is 13.9. The highest BCUT2D eigenvalue weighted by Gasteiger charge is 2.15. The normalized spacial score (nSPS) is 11.2. The number of rotatable bonds is 2. The maximum atomic E-state index is 13.9. The molecule has 0 aliphatic heterocycles. The third kappa shape index (κ3) is 2.30. The van der Waals surface area contributed by atoms with Gasteiger partial charge in [-0.3, -0.25) is 0 Å². The van der Waals surface area contributed by atoms with Crippen molar-refractivity contribution in [2.45, 2.75) is 5.16 Å². The van der Waals surface area contributed by atoms with Gasteiger partial charge in [0.25, 0.3) is 5.78 Å². The average molecular weight is 402 g/mol. The topological polar surface area (TPSA) is 82.0 Å². The van der Waals surface area contributed by atoms with Crippen molar-refractivity contribution in [1.29, 1.82) is 0 Å². The fourth-order valence-corrected chi connectivity index (χ4v) is 2.51. The summed E-state index contributed by atoms with van der Waals surface area (Å²) in [5.74, 6) is 0.317. The summed E-state index contributed by atoms with van der Waals surface area (Å²) in [7, 11) is 0. The second-order valence-corrected chi connectivity index (χ2v) is 5.86. The van der Waals surface area contributed by atoms with E-state index in [1.54, 1.807) is 12.1 Å². The number of fused-ring (bicyclic) bond motifs is 1. The highest BCUT2D eigenvalue weighted by atomic mass is 127. The minimum atomic E-state index is -0.391. The van der Waals surface area contributed by atoms with Crippen molar-refractivity contribution in [2.24, 2.45) is 0 Å². The first-order chi connectivity index (χ1) is 9.58. The van der Waals surface area contributed by atoms with Crippen LogP contribution in [0.2, 0.25) is 0 Å². The lowest BCUT2D eigenvalue weighted by molar-refractivity contribution is 0.629. The minimum Gasteiger partial charge on any atom is -0.368 e. The molecular formula is C11H8FIN6S. The van der Waals surface area contributed by atoms with Crippen molar-refractivity contribution in [1.82, 2.24) is 24.6 Å². The molecule has 6 nitrogen and oxygen atoms in total. The van der Waals surface area contributed by atoms with E-state index in [0.29, 0.717) is 16.5 Å². The van der Waals surface area contributed by atoms with E-state index in [0.717, 1.165) is 3.57 Å². The van der Waals surface area contributed by atoms with Crippen LogP contribution in [0.5, 0.6) is 0 Å². The van der Waals surface area contributed by atoms with Gasteiger partial charge in [-0.15, -0.1) is 5.10 Å². The predicted octanol–water partition coefficient (Wildman–Crippen LogP) is 2.23. The van der Waals surface area contributed by atoms with Crippen LogP contribution in [-0.2, 0) is 0 Å². The van der Waals surface area contributed by atoms with Gasteiger partial charge < -0.3 is 5.73 Å². The van der Waals surface area contributed by atoms with Gasteiger partial charge in [0.1, 0.15) is 5.82 Å². The van der Waals surface area contributed by atoms with Gasteiger partial charge in [0.2, 0.25) is 5.95 Å². The summed E-state index contributed by atoms with van der Waals surface area (Å²) in [6, 6.07) is 4.73. The molecule has 0 saturated carbocycles. The minimum absolute atomic E-state index is 0.170. The number of anilines is 1. The number of hydrogen-bond acceptors (Lipinski definition) is 6. The SMILES string of the molecule is CSc1nc(N)n2nc(-c3cc(I)ccc3F)nc2n1. The van der Waals surface area contributed by atoms with Crippen LogP contribution in [0.15, 0.2) is 23.4 Å². The summed E-state index contributed by atoms with van der Waals surface area (Å²) < 4.78 is 16.1. The number of halogens is 2. The lowest BCUT2D eigenvalue weighted by Gasteiger charge is -1.98. The molecule has 0 bridgehead atoms. The van der Waals surface area contributed by atoms with Gasteiger partial charge >= 0.3 is 0 Å². The summed E-state index contributed by atoms with van der Waals surface area (Å²) in [6.45, 7) is 0. The van der Waals surface area contributed by atoms with Gasteiger partial charge in [0, 0.05) is 3.57 Å². The molecule has 3 aromatic rings. The zero-order chi connectivity index (χ0) is 14.3. The summed E-state index contributed by atoms with van der Waals surface area (Å²) in [4.78, 5) is 12.5. The molecule has 0 amide bonds. The Labute approximate surface area is 131 Å². The Morgan fingerprint density at radius 3 is 2.85 bits per heavy atom. The first-order valence-corrected chi connectivity index (χ1v) is 7.78. The highest BCUT2D eigenvalue weighted by molar-refractivity contribution is 14.1. The predicted molar refractivity (Wildman–Crippen MR) is 82.9 cm³/mol. The number of nitrogen functional groups attached to an aromatic ring is 1. The van der Waals surface area contributed by atoms with Crippen molar-refractivity contribution in [3.05, 3.63) is 27.6 Å². The van der Waals surface area contributed by atoms with Gasteiger partial charge in [-0.05, 0) is 47.0 Å². The molecular weight excluding hydrogens is 394 g/mol. The molecule has 1 aromatic carbocycles. The number of benzene rings is 1. The molecule has 0 saturated heterocycles. The molecule has 102 valence electrons. The van der Waals surface area contributed by atoms with E-state index in [-0.39, 0.29) is 11.8 Å². The molecule has 0 fully saturated rings. The van der Waals surface area contributed by atoms with E-state index in [9.17, 15) is 4.39 Å². The van der Waals surface area contributed by atoms with Crippen molar-refractivity contribution in [2.75, 3.05) is 12.0 Å². The number of nitrogens with zero attached hydrogens (tertiary/aromatic N) is 5. The highest BCUT2D eigenvalue weighted by Crippen LogP contribution is 2.23. The summed E-state index contributed by atoms with van der Waals surface area (Å²) in [6.07, 6.45) is 1.84. The molecule has 2 heterocycles. The fraction of sp³-hybridized carbons (Fsp3) is 0.0909. The van der Waals surface area contributed by atoms with Crippen LogP contribution in [0.25, 0.3) is 17.2 Å². The van der Waals surface area contributed by atoms with Crippen LogP contribution in [0.3, 0.4) is 0 Å². The van der Waals surface area contributed by atoms with Gasteiger partial charge in [-0.25, -0.2) is 4.39 Å². The van der Waals surface area contributed by atoms with E-state index in [2.05, 4.69) is 42.6 Å². The fourth-order valence-electron chi connectivity index (χ4n) is 1.66. The molecule has 0 aliphatic rings. The van der Waals surface area contributed by atoms with Crippen LogP contribution in [0.4, 0.5) is 10.3 Å². The third-order valence-corrected chi connectivity index (χ3v) is 3.78. The Kier molecular flexibility index (Phi) is 3.46. The Morgan fingerprint density at radius 1 is 1.30 bits per heavy atom. The first-order valence-electron chi connectivity index (χ1n) is 5.48. The first kappa shape index (κ1) is 13.5. The standard InChI is InChI=1S/C11H8FIN6S/c1-20-11-16-9(14)19-10(17-11)15-8(18-19)6-4-5(13)2-3-7(6)12/h2-4H,1H3,(H2,14,15,16,17,18). The van der Waals surface area contributed by atoms with Crippen molar-refractivity contribution >= 4 is 46.1 Å². The van der Waals surface area contributed by atoms with Crippen LogP contribution < -0.4 is 5.73 Å². The monoisotopic (exact) mass is 402 g/mol. The maximum Gasteiger partial charge on any atom is 0.258 e. The van der Waals surface area contributed by atoms with Crippen LogP contribution in [0, 0.1) is 9.39 Å². The van der Waals surface area contributed by atoms with Gasteiger partial charge in [-0.2, -0.15) is 19.5 Å². The zero-order valence-electron chi connectivity index (χ0n) is 10.2. The number of nitrogens with two attached hydrogens (primary N) is 1. The van der Waals surface area contributed by atoms with Crippen molar-refractivity contribution < 1.29 is 4.39 Å². The number of thioether (sulfide) groups is 1. The van der Waals surface area contributed by atoms with E-state index >= 15 is 0 Å². The molecule has 0 aliphatic carbocycles. The summed E-state index contributed by atoms with van der Waals surface area (Å²) >= 11 is 3.45. The van der Waals surface area contributed by atoms with E-state index in [4.69, 9.17) is 5.73 Å². The Balaban J connectivity index is 2.22. The summed E-state index contributed by atoms with van der Waals surface area (Å²) in [5, 5.41) is 4.66. The van der Waals surface area contributed by atoms with E-state index in [1.165, 1.54) is 22.3 Å². The largest absolute Gasteiger partial charge is 0.368 e. The second-order valence-electron chi connectivity index (χ2n) is 3.84. The number of hydrogen-bond donors (Lipinski definition) is 1. The van der Waals surface area contributed by atoms with Gasteiger partial charge in [0.15, 0.2) is 11.0 Å². The van der Waals surface area contributed by atoms with E-state index in [1.807, 2.05) is 6.26 Å². The molecule has 2 N–H and O–H groups in total. The van der Waals surface area contributed by atoms with Gasteiger partial charge in [0.05, 0.1) is 5.56 Å². The molecule has 2 aromatic heterocycles. The van der Waals surface area contributed by atoms with E-state index < -0.39 is 5.82 Å². The second kappa shape index (κ2) is 5.13. The quantitative estimate of drug-likeness (QED) is 0.523. The van der Waals surface area contributed by atoms with Crippen molar-refractivity contribution in [3.8, 4) is 11.4 Å². The Morgan fingerprint density at radius 2 is 2.10 bits per heavy atom.